The number of rotatable bonds is 2. The SMILES string of the molecule is O=C1N[C@H](c2cn(-c3ccc(F)c(Cl)c3)nn2)N2CCCC[C@H]12. The van der Waals surface area contributed by atoms with E-state index in [4.69, 9.17) is 11.6 Å². The third-order valence-electron chi connectivity index (χ3n) is 4.42. The van der Waals surface area contributed by atoms with Crippen LogP contribution < -0.4 is 5.32 Å². The van der Waals surface area contributed by atoms with E-state index in [9.17, 15) is 9.18 Å². The predicted molar refractivity (Wildman–Crippen MR) is 81.6 cm³/mol. The van der Waals surface area contributed by atoms with Crippen molar-refractivity contribution in [2.75, 3.05) is 6.54 Å². The molecule has 0 unspecified atom stereocenters. The lowest BCUT2D eigenvalue weighted by molar-refractivity contribution is -0.122. The van der Waals surface area contributed by atoms with Gasteiger partial charge in [-0.1, -0.05) is 23.2 Å². The van der Waals surface area contributed by atoms with E-state index in [1.54, 1.807) is 12.3 Å². The molecule has 0 aliphatic carbocycles. The molecule has 2 atom stereocenters. The average Bonchev–Trinajstić information content (AvgIpc) is 3.16. The Labute approximate surface area is 137 Å². The zero-order valence-electron chi connectivity index (χ0n) is 12.2. The van der Waals surface area contributed by atoms with Crippen molar-refractivity contribution in [1.82, 2.24) is 25.2 Å². The molecule has 4 rings (SSSR count). The number of amides is 1. The summed E-state index contributed by atoms with van der Waals surface area (Å²) in [7, 11) is 0. The van der Waals surface area contributed by atoms with Gasteiger partial charge in [0.25, 0.3) is 0 Å². The number of halogens is 2. The van der Waals surface area contributed by atoms with Crippen LogP contribution in [0.15, 0.2) is 24.4 Å². The first kappa shape index (κ1) is 14.6. The van der Waals surface area contributed by atoms with E-state index >= 15 is 0 Å². The summed E-state index contributed by atoms with van der Waals surface area (Å²) in [6.07, 6.45) is 4.51. The summed E-state index contributed by atoms with van der Waals surface area (Å²) in [4.78, 5) is 14.2. The summed E-state index contributed by atoms with van der Waals surface area (Å²) in [5, 5.41) is 11.3. The molecular weight excluding hydrogens is 321 g/mol. The maximum Gasteiger partial charge on any atom is 0.238 e. The van der Waals surface area contributed by atoms with Crippen molar-refractivity contribution in [3.05, 3.63) is 40.9 Å². The van der Waals surface area contributed by atoms with Crippen molar-refractivity contribution < 1.29 is 9.18 Å². The fraction of sp³-hybridized carbons (Fsp3) is 0.400. The summed E-state index contributed by atoms with van der Waals surface area (Å²) >= 11 is 5.81. The second-order valence-electron chi connectivity index (χ2n) is 5.85. The maximum atomic E-state index is 13.3. The van der Waals surface area contributed by atoms with E-state index in [1.165, 1.54) is 16.8 Å². The minimum atomic E-state index is -0.477. The summed E-state index contributed by atoms with van der Waals surface area (Å²) in [6, 6.07) is 4.29. The Morgan fingerprint density at radius 2 is 2.22 bits per heavy atom. The van der Waals surface area contributed by atoms with Crippen molar-refractivity contribution in [3.8, 4) is 5.69 Å². The van der Waals surface area contributed by atoms with Gasteiger partial charge in [-0.2, -0.15) is 0 Å². The van der Waals surface area contributed by atoms with Crippen LogP contribution in [0.3, 0.4) is 0 Å². The van der Waals surface area contributed by atoms with Crippen LogP contribution in [0.4, 0.5) is 4.39 Å². The first-order chi connectivity index (χ1) is 11.1. The summed E-state index contributed by atoms with van der Waals surface area (Å²) < 4.78 is 14.8. The molecule has 2 aliphatic heterocycles. The van der Waals surface area contributed by atoms with E-state index in [2.05, 4.69) is 20.5 Å². The van der Waals surface area contributed by atoms with Crippen LogP contribution in [-0.2, 0) is 4.79 Å². The minimum absolute atomic E-state index is 0.0322. The number of hydrogen-bond donors (Lipinski definition) is 1. The highest BCUT2D eigenvalue weighted by Gasteiger charge is 2.42. The Hall–Kier alpha value is -1.99. The van der Waals surface area contributed by atoms with Gasteiger partial charge < -0.3 is 5.32 Å². The standard InChI is InChI=1S/C15H15ClFN5O/c16-10-7-9(4-5-11(10)17)22-8-12(19-20-22)14-18-15(23)13-3-1-2-6-21(13)14/h4-5,7-8,13-14H,1-3,6H2,(H,18,23)/t13-,14+/m1/s1. The van der Waals surface area contributed by atoms with Crippen molar-refractivity contribution in [2.24, 2.45) is 0 Å². The van der Waals surface area contributed by atoms with E-state index < -0.39 is 5.82 Å². The largest absolute Gasteiger partial charge is 0.334 e. The first-order valence-electron chi connectivity index (χ1n) is 7.57. The molecule has 2 fully saturated rings. The summed E-state index contributed by atoms with van der Waals surface area (Å²) in [5.41, 5.74) is 1.29. The van der Waals surface area contributed by atoms with Crippen molar-refractivity contribution in [1.29, 1.82) is 0 Å². The van der Waals surface area contributed by atoms with E-state index in [0.717, 1.165) is 25.8 Å². The lowest BCUT2D eigenvalue weighted by atomic mass is 10.0. The summed E-state index contributed by atoms with van der Waals surface area (Å²) in [6.45, 7) is 0.864. The van der Waals surface area contributed by atoms with Crippen LogP contribution in [0, 0.1) is 5.82 Å². The van der Waals surface area contributed by atoms with Gasteiger partial charge in [0.2, 0.25) is 5.91 Å². The van der Waals surface area contributed by atoms with Gasteiger partial charge in [-0.15, -0.1) is 5.10 Å². The Kier molecular flexibility index (Phi) is 3.54. The van der Waals surface area contributed by atoms with E-state index in [-0.39, 0.29) is 23.1 Å². The smallest absolute Gasteiger partial charge is 0.238 e. The van der Waals surface area contributed by atoms with Crippen LogP contribution in [0.2, 0.25) is 5.02 Å². The number of fused-ring (bicyclic) bond motifs is 1. The number of hydrogen-bond acceptors (Lipinski definition) is 4. The van der Waals surface area contributed by atoms with Crippen molar-refractivity contribution in [3.63, 3.8) is 0 Å². The Morgan fingerprint density at radius 1 is 1.35 bits per heavy atom. The number of benzene rings is 1. The van der Waals surface area contributed by atoms with E-state index in [0.29, 0.717) is 11.4 Å². The monoisotopic (exact) mass is 335 g/mol. The van der Waals surface area contributed by atoms with Crippen LogP contribution in [0.25, 0.3) is 5.69 Å². The maximum absolute atomic E-state index is 13.3. The minimum Gasteiger partial charge on any atom is -0.334 e. The highest BCUT2D eigenvalue weighted by atomic mass is 35.5. The highest BCUT2D eigenvalue weighted by molar-refractivity contribution is 6.30. The first-order valence-corrected chi connectivity index (χ1v) is 7.95. The van der Waals surface area contributed by atoms with Gasteiger partial charge >= 0.3 is 0 Å². The fourth-order valence-electron chi connectivity index (χ4n) is 3.26. The third kappa shape index (κ3) is 2.49. The Morgan fingerprint density at radius 3 is 3.04 bits per heavy atom. The molecule has 0 saturated carbocycles. The molecular formula is C15H15ClFN5O. The molecule has 1 amide bonds. The van der Waals surface area contributed by atoms with Crippen LogP contribution in [-0.4, -0.2) is 38.4 Å². The molecule has 6 nitrogen and oxygen atoms in total. The van der Waals surface area contributed by atoms with Crippen molar-refractivity contribution >= 4 is 17.5 Å². The van der Waals surface area contributed by atoms with Gasteiger partial charge in [-0.3, -0.25) is 9.69 Å². The van der Waals surface area contributed by atoms with Gasteiger partial charge in [0.1, 0.15) is 17.7 Å². The molecule has 2 aromatic rings. The molecule has 8 heteroatoms. The molecule has 120 valence electrons. The lowest BCUT2D eigenvalue weighted by Gasteiger charge is -2.30. The zero-order valence-corrected chi connectivity index (χ0v) is 13.0. The normalized spacial score (nSPS) is 24.5. The van der Waals surface area contributed by atoms with Gasteiger partial charge in [0, 0.05) is 6.54 Å². The number of carbonyl (C=O) groups is 1. The number of aromatic nitrogens is 3. The molecule has 1 aromatic heterocycles. The number of piperidine rings is 1. The van der Waals surface area contributed by atoms with Gasteiger partial charge in [0.15, 0.2) is 0 Å². The quantitative estimate of drug-likeness (QED) is 0.912. The molecule has 2 aliphatic rings. The second kappa shape index (κ2) is 5.58. The zero-order chi connectivity index (χ0) is 16.0. The van der Waals surface area contributed by atoms with Crippen LogP contribution in [0.1, 0.15) is 31.1 Å². The lowest BCUT2D eigenvalue weighted by Crippen LogP contribution is -2.38. The second-order valence-corrected chi connectivity index (χ2v) is 6.25. The Bertz CT molecular complexity index is 764. The molecule has 2 saturated heterocycles. The molecule has 0 radical (unpaired) electrons. The van der Waals surface area contributed by atoms with E-state index in [1.807, 2.05) is 0 Å². The Balaban J connectivity index is 1.62. The van der Waals surface area contributed by atoms with Gasteiger partial charge in [0.05, 0.1) is 22.9 Å². The number of nitrogens with zero attached hydrogens (tertiary/aromatic N) is 4. The fourth-order valence-corrected chi connectivity index (χ4v) is 3.43. The average molecular weight is 336 g/mol. The van der Waals surface area contributed by atoms with Gasteiger partial charge in [-0.25, -0.2) is 9.07 Å². The topological polar surface area (TPSA) is 63.1 Å². The molecule has 0 bridgehead atoms. The number of carbonyl (C=O) groups excluding carboxylic acids is 1. The van der Waals surface area contributed by atoms with Crippen molar-refractivity contribution in [2.45, 2.75) is 31.5 Å². The molecule has 0 spiro atoms. The predicted octanol–water partition coefficient (Wildman–Crippen LogP) is 2.04. The van der Waals surface area contributed by atoms with Crippen LogP contribution >= 0.6 is 11.6 Å². The van der Waals surface area contributed by atoms with Gasteiger partial charge in [-0.05, 0) is 31.0 Å². The summed E-state index contributed by atoms with van der Waals surface area (Å²) in [5.74, 6) is -0.427. The number of nitrogens with one attached hydrogen (secondary N) is 1. The third-order valence-corrected chi connectivity index (χ3v) is 4.71. The molecule has 1 aromatic carbocycles. The molecule has 23 heavy (non-hydrogen) atoms. The van der Waals surface area contributed by atoms with Crippen LogP contribution in [0.5, 0.6) is 0 Å². The molecule has 1 N–H and O–H groups in total. The highest BCUT2D eigenvalue weighted by Crippen LogP contribution is 2.31. The molecule has 3 heterocycles.